The van der Waals surface area contributed by atoms with Gasteiger partial charge in [-0.05, 0) is 104 Å². The van der Waals surface area contributed by atoms with Gasteiger partial charge in [-0.15, -0.1) is 0 Å². The van der Waals surface area contributed by atoms with Crippen LogP contribution in [0.5, 0.6) is 0 Å². The number of aliphatic hydroxyl groups excluding tert-OH is 2. The van der Waals surface area contributed by atoms with Crippen LogP contribution < -0.4 is 0 Å². The summed E-state index contributed by atoms with van der Waals surface area (Å²) in [6.07, 6.45) is 10.3. The Kier molecular flexibility index (Phi) is 5.13. The third-order valence-corrected chi connectivity index (χ3v) is 10.1. The van der Waals surface area contributed by atoms with Crippen LogP contribution in [0, 0.1) is 57.7 Å². The van der Waals surface area contributed by atoms with Gasteiger partial charge in [0.05, 0.1) is 18.3 Å². The van der Waals surface area contributed by atoms with E-state index >= 15 is 0 Å². The topological polar surface area (TPSA) is 64.2 Å². The van der Waals surface area contributed by atoms with Crippen LogP contribution in [0.4, 0.5) is 0 Å². The Morgan fingerprint density at radius 2 is 1.70 bits per heavy atom. The summed E-state index contributed by atoms with van der Waals surface area (Å²) in [5.74, 6) is 3.55. The van der Waals surface area contributed by atoms with Crippen molar-refractivity contribution in [1.29, 1.82) is 5.26 Å². The molecule has 3 nitrogen and oxygen atoms in total. The molecule has 0 radical (unpaired) electrons. The highest BCUT2D eigenvalue weighted by molar-refractivity contribution is 5.11. The fourth-order valence-corrected chi connectivity index (χ4v) is 8.67. The van der Waals surface area contributed by atoms with Crippen LogP contribution in [-0.2, 0) is 0 Å². The van der Waals surface area contributed by atoms with Crippen molar-refractivity contribution in [2.24, 2.45) is 46.3 Å². The Bertz CT molecular complexity index is 600. The largest absolute Gasteiger partial charge is 0.393 e. The van der Waals surface area contributed by atoms with Gasteiger partial charge in [0, 0.05) is 6.42 Å². The molecule has 4 fully saturated rings. The number of aliphatic hydroxyl groups is 2. The first-order chi connectivity index (χ1) is 12.8. The van der Waals surface area contributed by atoms with Gasteiger partial charge in [0.2, 0.25) is 0 Å². The fourth-order valence-electron chi connectivity index (χ4n) is 8.67. The molecule has 10 atom stereocenters. The SMILES string of the molecule is C[C@H](CCC#N)[C@H]1CC[C@H]2[C@@H]3[C@@H](O)C[C@@H]4C[C@H](O)CC[C@]4(C)[C@H]3CC[C@]12C. The number of fused-ring (bicyclic) bond motifs is 5. The zero-order valence-corrected chi connectivity index (χ0v) is 17.5. The summed E-state index contributed by atoms with van der Waals surface area (Å²) in [4.78, 5) is 0. The second-order valence-corrected chi connectivity index (χ2v) is 11.1. The molecule has 0 aromatic rings. The van der Waals surface area contributed by atoms with E-state index in [1.54, 1.807) is 0 Å². The van der Waals surface area contributed by atoms with Crippen molar-refractivity contribution in [2.45, 2.75) is 97.2 Å². The van der Waals surface area contributed by atoms with Gasteiger partial charge < -0.3 is 10.2 Å². The molecule has 0 unspecified atom stereocenters. The van der Waals surface area contributed by atoms with E-state index in [1.165, 1.54) is 25.7 Å². The van der Waals surface area contributed by atoms with E-state index in [-0.39, 0.29) is 12.2 Å². The summed E-state index contributed by atoms with van der Waals surface area (Å²) in [5.41, 5.74) is 0.656. The second kappa shape index (κ2) is 7.03. The average molecular weight is 374 g/mol. The third-order valence-electron chi connectivity index (χ3n) is 10.1. The lowest BCUT2D eigenvalue weighted by molar-refractivity contribution is -0.174. The quantitative estimate of drug-likeness (QED) is 0.738. The molecule has 0 spiro atoms. The molecule has 0 aromatic carbocycles. The summed E-state index contributed by atoms with van der Waals surface area (Å²) in [5, 5.41) is 30.4. The van der Waals surface area contributed by atoms with Crippen molar-refractivity contribution in [3.05, 3.63) is 0 Å². The molecule has 0 aliphatic heterocycles. The van der Waals surface area contributed by atoms with Gasteiger partial charge in [-0.2, -0.15) is 5.26 Å². The predicted octanol–water partition coefficient (Wildman–Crippen LogP) is 4.92. The summed E-state index contributed by atoms with van der Waals surface area (Å²) in [7, 11) is 0. The van der Waals surface area contributed by atoms with Gasteiger partial charge in [0.25, 0.3) is 0 Å². The molecule has 2 N–H and O–H groups in total. The van der Waals surface area contributed by atoms with E-state index in [4.69, 9.17) is 5.26 Å². The van der Waals surface area contributed by atoms with Crippen molar-refractivity contribution in [3.8, 4) is 6.07 Å². The molecule has 4 saturated carbocycles. The Balaban J connectivity index is 1.58. The van der Waals surface area contributed by atoms with Crippen molar-refractivity contribution < 1.29 is 10.2 Å². The minimum atomic E-state index is -0.184. The van der Waals surface area contributed by atoms with E-state index in [0.717, 1.165) is 32.1 Å². The molecule has 0 heterocycles. The van der Waals surface area contributed by atoms with Gasteiger partial charge in [0.1, 0.15) is 0 Å². The van der Waals surface area contributed by atoms with E-state index in [2.05, 4.69) is 26.8 Å². The third kappa shape index (κ3) is 2.98. The van der Waals surface area contributed by atoms with Crippen molar-refractivity contribution in [3.63, 3.8) is 0 Å². The molecule has 4 rings (SSSR count). The number of nitriles is 1. The molecule has 3 heteroatoms. The average Bonchev–Trinajstić information content (AvgIpc) is 2.98. The van der Waals surface area contributed by atoms with E-state index in [0.29, 0.717) is 52.8 Å². The molecular formula is C24H39NO2. The molecule has 0 bridgehead atoms. The Hall–Kier alpha value is -0.590. The molecule has 0 amide bonds. The maximum absolute atomic E-state index is 11.2. The van der Waals surface area contributed by atoms with Crippen LogP contribution in [0.15, 0.2) is 0 Å². The molecule has 0 aromatic heterocycles. The fraction of sp³-hybridized carbons (Fsp3) is 0.958. The predicted molar refractivity (Wildman–Crippen MR) is 107 cm³/mol. The molecule has 152 valence electrons. The van der Waals surface area contributed by atoms with Crippen LogP contribution in [0.1, 0.15) is 85.0 Å². The standard InChI is InChI=1S/C24H39NO2/c1-15(5-4-12-25)18-6-7-19-22-20(9-11-24(18,19)3)23(2)10-8-17(26)13-16(23)14-21(22)27/h15-22,26-27H,4-11,13-14H2,1-3H3/t15-,16+,17-,18-,19+,20+,21+,22+,23+,24-/m1/s1. The minimum Gasteiger partial charge on any atom is -0.393 e. The molecule has 4 aliphatic rings. The van der Waals surface area contributed by atoms with E-state index < -0.39 is 0 Å². The van der Waals surface area contributed by atoms with Gasteiger partial charge in [-0.25, -0.2) is 0 Å². The first kappa shape index (κ1) is 19.7. The second-order valence-electron chi connectivity index (χ2n) is 11.1. The Morgan fingerprint density at radius 1 is 1.00 bits per heavy atom. The number of rotatable bonds is 3. The number of hydrogen-bond donors (Lipinski definition) is 2. The van der Waals surface area contributed by atoms with Crippen molar-refractivity contribution >= 4 is 0 Å². The Labute approximate surface area is 165 Å². The monoisotopic (exact) mass is 373 g/mol. The van der Waals surface area contributed by atoms with Gasteiger partial charge in [0.15, 0.2) is 0 Å². The van der Waals surface area contributed by atoms with E-state index in [1.807, 2.05) is 0 Å². The maximum atomic E-state index is 11.2. The van der Waals surface area contributed by atoms with Crippen molar-refractivity contribution in [1.82, 2.24) is 0 Å². The summed E-state index contributed by atoms with van der Waals surface area (Å²) in [6.45, 7) is 7.36. The lowest BCUT2D eigenvalue weighted by atomic mass is 9.43. The summed E-state index contributed by atoms with van der Waals surface area (Å²) in [6, 6.07) is 2.34. The van der Waals surface area contributed by atoms with Crippen LogP contribution in [0.2, 0.25) is 0 Å². The number of nitrogens with zero attached hydrogens (tertiary/aromatic N) is 1. The Morgan fingerprint density at radius 3 is 2.44 bits per heavy atom. The first-order valence-corrected chi connectivity index (χ1v) is 11.5. The van der Waals surface area contributed by atoms with Gasteiger partial charge in [-0.1, -0.05) is 20.8 Å². The highest BCUT2D eigenvalue weighted by Crippen LogP contribution is 2.68. The molecule has 4 aliphatic carbocycles. The van der Waals surface area contributed by atoms with Crippen LogP contribution in [-0.4, -0.2) is 22.4 Å². The zero-order valence-electron chi connectivity index (χ0n) is 17.5. The summed E-state index contributed by atoms with van der Waals surface area (Å²) >= 11 is 0. The van der Waals surface area contributed by atoms with Crippen molar-refractivity contribution in [2.75, 3.05) is 0 Å². The molecular weight excluding hydrogens is 334 g/mol. The maximum Gasteiger partial charge on any atom is 0.0621 e. The number of hydrogen-bond acceptors (Lipinski definition) is 3. The van der Waals surface area contributed by atoms with Crippen LogP contribution >= 0.6 is 0 Å². The van der Waals surface area contributed by atoms with Crippen LogP contribution in [0.25, 0.3) is 0 Å². The lowest BCUT2D eigenvalue weighted by Crippen LogP contribution is -2.58. The minimum absolute atomic E-state index is 0.155. The molecule has 0 saturated heterocycles. The normalized spacial score (nSPS) is 53.0. The van der Waals surface area contributed by atoms with Crippen LogP contribution in [0.3, 0.4) is 0 Å². The highest BCUT2D eigenvalue weighted by atomic mass is 16.3. The lowest BCUT2D eigenvalue weighted by Gasteiger charge is -2.62. The summed E-state index contributed by atoms with van der Waals surface area (Å²) < 4.78 is 0. The molecule has 27 heavy (non-hydrogen) atoms. The van der Waals surface area contributed by atoms with Gasteiger partial charge in [-0.3, -0.25) is 0 Å². The highest BCUT2D eigenvalue weighted by Gasteiger charge is 2.62. The van der Waals surface area contributed by atoms with Gasteiger partial charge >= 0.3 is 0 Å². The van der Waals surface area contributed by atoms with E-state index in [9.17, 15) is 10.2 Å². The smallest absolute Gasteiger partial charge is 0.0621 e. The first-order valence-electron chi connectivity index (χ1n) is 11.5. The zero-order chi connectivity index (χ0) is 19.4.